The van der Waals surface area contributed by atoms with Gasteiger partial charge in [-0.1, -0.05) is 12.1 Å². The van der Waals surface area contributed by atoms with Crippen LogP contribution in [-0.4, -0.2) is 23.1 Å². The van der Waals surface area contributed by atoms with Crippen LogP contribution < -0.4 is 0 Å². The van der Waals surface area contributed by atoms with Crippen molar-refractivity contribution in [1.29, 1.82) is 0 Å². The van der Waals surface area contributed by atoms with Crippen molar-refractivity contribution >= 4 is 0 Å². The van der Waals surface area contributed by atoms with Crippen LogP contribution in [0.2, 0.25) is 0 Å². The van der Waals surface area contributed by atoms with E-state index < -0.39 is 30.9 Å². The first-order valence-corrected chi connectivity index (χ1v) is 5.07. The van der Waals surface area contributed by atoms with E-state index in [0.717, 1.165) is 24.3 Å². The Morgan fingerprint density at radius 1 is 0.842 bits per heavy atom. The maximum Gasteiger partial charge on any atom is 0.459 e. The van der Waals surface area contributed by atoms with E-state index in [2.05, 4.69) is 0 Å². The maximum absolute atomic E-state index is 12.9. The van der Waals surface area contributed by atoms with Gasteiger partial charge in [0.1, 0.15) is 5.75 Å². The lowest BCUT2D eigenvalue weighted by atomic mass is 10.0. The molecule has 0 amide bonds. The average Bonchev–Trinajstić information content (AvgIpc) is 2.26. The second-order valence-electron chi connectivity index (χ2n) is 3.94. The zero-order valence-corrected chi connectivity index (χ0v) is 9.32. The van der Waals surface area contributed by atoms with Crippen LogP contribution in [0.3, 0.4) is 0 Å². The van der Waals surface area contributed by atoms with E-state index in [1.165, 1.54) is 0 Å². The fourth-order valence-corrected chi connectivity index (χ4v) is 1.33. The Kier molecular flexibility index (Phi) is 4.02. The van der Waals surface area contributed by atoms with Crippen molar-refractivity contribution in [2.45, 2.75) is 30.9 Å². The number of hydrogen-bond donors (Lipinski definition) is 1. The summed E-state index contributed by atoms with van der Waals surface area (Å²) in [4.78, 5) is 0. The van der Waals surface area contributed by atoms with Gasteiger partial charge in [0.25, 0.3) is 0 Å². The fourth-order valence-electron chi connectivity index (χ4n) is 1.33. The van der Waals surface area contributed by atoms with E-state index in [0.29, 0.717) is 0 Å². The van der Waals surface area contributed by atoms with Crippen LogP contribution in [-0.2, 0) is 6.42 Å². The normalized spacial score (nSPS) is 13.6. The summed E-state index contributed by atoms with van der Waals surface area (Å²) in [5.41, 5.74) is 0.121. The Labute approximate surface area is 103 Å². The van der Waals surface area contributed by atoms with E-state index in [1.54, 1.807) is 0 Å². The van der Waals surface area contributed by atoms with Gasteiger partial charge >= 0.3 is 18.0 Å². The minimum absolute atomic E-state index is 0.121. The van der Waals surface area contributed by atoms with E-state index >= 15 is 0 Å². The molecule has 0 aromatic heterocycles. The van der Waals surface area contributed by atoms with Crippen molar-refractivity contribution in [3.05, 3.63) is 29.8 Å². The molecule has 0 saturated heterocycles. The summed E-state index contributed by atoms with van der Waals surface area (Å²) < 4.78 is 86.5. The number of hydrogen-bond acceptors (Lipinski definition) is 1. The van der Waals surface area contributed by atoms with Gasteiger partial charge in [-0.3, -0.25) is 0 Å². The van der Waals surface area contributed by atoms with Crippen molar-refractivity contribution < 1.29 is 35.8 Å². The number of alkyl halides is 7. The molecule has 0 aliphatic rings. The molecule has 19 heavy (non-hydrogen) atoms. The van der Waals surface area contributed by atoms with Gasteiger partial charge < -0.3 is 5.11 Å². The second-order valence-corrected chi connectivity index (χ2v) is 3.94. The molecule has 0 atom stereocenters. The van der Waals surface area contributed by atoms with Crippen molar-refractivity contribution in [2.24, 2.45) is 0 Å². The van der Waals surface area contributed by atoms with E-state index in [9.17, 15) is 30.7 Å². The summed E-state index contributed by atoms with van der Waals surface area (Å²) in [5.74, 6) is -11.4. The Morgan fingerprint density at radius 3 is 1.74 bits per heavy atom. The summed E-state index contributed by atoms with van der Waals surface area (Å²) in [6, 6.07) is 4.57. The zero-order valence-electron chi connectivity index (χ0n) is 9.32. The molecule has 0 heterocycles. The minimum atomic E-state index is -6.30. The van der Waals surface area contributed by atoms with Gasteiger partial charge in [0.05, 0.1) is 0 Å². The van der Waals surface area contributed by atoms with E-state index in [-0.39, 0.29) is 11.3 Å². The number of phenols is 1. The number of rotatable bonds is 4. The molecule has 0 saturated carbocycles. The molecule has 0 fully saturated rings. The summed E-state index contributed by atoms with van der Waals surface area (Å²) in [7, 11) is 0. The van der Waals surface area contributed by atoms with Gasteiger partial charge in [-0.2, -0.15) is 30.7 Å². The maximum atomic E-state index is 12.9. The van der Waals surface area contributed by atoms with Gasteiger partial charge in [0, 0.05) is 6.42 Å². The highest BCUT2D eigenvalue weighted by Gasteiger charge is 2.72. The first-order valence-electron chi connectivity index (χ1n) is 5.07. The minimum Gasteiger partial charge on any atom is -0.508 e. The topological polar surface area (TPSA) is 20.2 Å². The highest BCUT2D eigenvalue weighted by atomic mass is 19.4. The highest BCUT2D eigenvalue weighted by molar-refractivity contribution is 5.26. The third-order valence-corrected chi connectivity index (χ3v) is 2.48. The van der Waals surface area contributed by atoms with Crippen molar-refractivity contribution in [3.8, 4) is 5.75 Å². The van der Waals surface area contributed by atoms with Gasteiger partial charge in [-0.25, -0.2) is 0 Å². The average molecular weight is 290 g/mol. The number of phenolic OH excluding ortho intramolecular Hbond substituents is 1. The Balaban J connectivity index is 2.78. The van der Waals surface area contributed by atoms with Crippen LogP contribution in [0.5, 0.6) is 5.75 Å². The molecular formula is C11H9F7O. The predicted molar refractivity (Wildman–Crippen MR) is 52.4 cm³/mol. The third kappa shape index (κ3) is 3.30. The van der Waals surface area contributed by atoms with Crippen LogP contribution in [0.25, 0.3) is 0 Å². The smallest absolute Gasteiger partial charge is 0.459 e. The number of halogens is 7. The Morgan fingerprint density at radius 2 is 1.32 bits per heavy atom. The Hall–Kier alpha value is -1.47. The van der Waals surface area contributed by atoms with Gasteiger partial charge in [-0.05, 0) is 24.1 Å². The lowest BCUT2D eigenvalue weighted by Crippen LogP contribution is -2.52. The monoisotopic (exact) mass is 290 g/mol. The molecule has 0 aliphatic heterocycles. The molecular weight excluding hydrogens is 281 g/mol. The molecule has 1 nitrogen and oxygen atoms in total. The van der Waals surface area contributed by atoms with E-state index in [1.807, 2.05) is 0 Å². The third-order valence-electron chi connectivity index (χ3n) is 2.48. The van der Waals surface area contributed by atoms with Crippen LogP contribution in [0.1, 0.15) is 12.0 Å². The first kappa shape index (κ1) is 15.6. The SMILES string of the molecule is Oc1ccc(CCC(F)(F)C(F)(F)C(F)(F)F)cc1. The molecule has 108 valence electrons. The molecule has 1 rings (SSSR count). The highest BCUT2D eigenvalue weighted by Crippen LogP contribution is 2.48. The lowest BCUT2D eigenvalue weighted by Gasteiger charge is -2.28. The van der Waals surface area contributed by atoms with Gasteiger partial charge in [-0.15, -0.1) is 0 Å². The molecule has 0 aliphatic carbocycles. The number of aryl methyl sites for hydroxylation is 1. The van der Waals surface area contributed by atoms with Crippen molar-refractivity contribution in [1.82, 2.24) is 0 Å². The number of aromatic hydroxyl groups is 1. The Bertz CT molecular complexity index is 422. The summed E-state index contributed by atoms with van der Waals surface area (Å²) in [6.07, 6.45) is -8.62. The van der Waals surface area contributed by atoms with Crippen LogP contribution in [0.15, 0.2) is 24.3 Å². The van der Waals surface area contributed by atoms with Gasteiger partial charge in [0.15, 0.2) is 0 Å². The first-order chi connectivity index (χ1) is 8.47. The molecule has 0 bridgehead atoms. The fraction of sp³-hybridized carbons (Fsp3) is 0.455. The zero-order chi connectivity index (χ0) is 14.9. The predicted octanol–water partition coefficient (Wildman–Crippen LogP) is 4.16. The van der Waals surface area contributed by atoms with E-state index in [4.69, 9.17) is 5.11 Å². The molecule has 0 unspecified atom stereocenters. The van der Waals surface area contributed by atoms with Crippen LogP contribution >= 0.6 is 0 Å². The molecule has 0 radical (unpaired) electrons. The quantitative estimate of drug-likeness (QED) is 0.826. The molecule has 1 aromatic rings. The largest absolute Gasteiger partial charge is 0.508 e. The second kappa shape index (κ2) is 4.90. The summed E-state index contributed by atoms with van der Waals surface area (Å²) >= 11 is 0. The lowest BCUT2D eigenvalue weighted by molar-refractivity contribution is -0.355. The molecule has 0 spiro atoms. The summed E-state index contributed by atoms with van der Waals surface area (Å²) in [6.45, 7) is 0. The van der Waals surface area contributed by atoms with Crippen LogP contribution in [0, 0.1) is 0 Å². The van der Waals surface area contributed by atoms with Crippen molar-refractivity contribution in [3.63, 3.8) is 0 Å². The summed E-state index contributed by atoms with van der Waals surface area (Å²) in [5, 5.41) is 8.90. The number of benzene rings is 1. The molecule has 1 aromatic carbocycles. The van der Waals surface area contributed by atoms with Crippen molar-refractivity contribution in [2.75, 3.05) is 0 Å². The standard InChI is InChI=1S/C11H9F7O/c12-9(13,10(14,15)11(16,17)18)6-5-7-1-3-8(19)4-2-7/h1-4,19H,5-6H2. The van der Waals surface area contributed by atoms with Gasteiger partial charge in [0.2, 0.25) is 0 Å². The van der Waals surface area contributed by atoms with Crippen LogP contribution in [0.4, 0.5) is 30.7 Å². The molecule has 8 heteroatoms. The molecule has 1 N–H and O–H groups in total.